The molecule has 3 aromatic rings. The molecule has 0 heterocycles. The fourth-order valence-electron chi connectivity index (χ4n) is 3.95. The van der Waals surface area contributed by atoms with Crippen molar-refractivity contribution in [2.75, 3.05) is 31.3 Å². The van der Waals surface area contributed by atoms with Gasteiger partial charge in [-0.25, -0.2) is 14.4 Å². The Bertz CT molecular complexity index is 1420. The van der Waals surface area contributed by atoms with Gasteiger partial charge in [-0.1, -0.05) is 12.1 Å². The van der Waals surface area contributed by atoms with E-state index in [2.05, 4.69) is 0 Å². The predicted octanol–water partition coefficient (Wildman–Crippen LogP) is 6.77. The molecule has 3 rings (SSSR count). The van der Waals surface area contributed by atoms with Crippen LogP contribution in [0.15, 0.2) is 72.8 Å². The first kappa shape index (κ1) is 34.5. The molecule has 0 atom stereocenters. The summed E-state index contributed by atoms with van der Waals surface area (Å²) in [5.74, 6) is -0.953. The molecule has 9 nitrogen and oxygen atoms in total. The lowest BCUT2D eigenvalue weighted by Gasteiger charge is -2.09. The van der Waals surface area contributed by atoms with E-state index in [0.717, 1.165) is 12.8 Å². The minimum Gasteiger partial charge on any atom is -0.494 e. The highest BCUT2D eigenvalue weighted by Gasteiger charge is 2.26. The van der Waals surface area contributed by atoms with Crippen LogP contribution < -0.4 is 20.9 Å². The lowest BCUT2D eigenvalue weighted by atomic mass is 10.2. The molecule has 0 aliphatic carbocycles. The highest BCUT2D eigenvalue weighted by Crippen LogP contribution is 2.22. The molecule has 0 radical (unpaired) electrons. The highest BCUT2D eigenvalue weighted by molar-refractivity contribution is 5.92. The molecule has 0 bridgehead atoms. The van der Waals surface area contributed by atoms with Crippen LogP contribution in [0, 0.1) is 0 Å². The van der Waals surface area contributed by atoms with Crippen molar-refractivity contribution in [3.8, 4) is 11.5 Å². The molecule has 0 amide bonds. The number of esters is 3. The Morgan fingerprint density at radius 3 is 1.89 bits per heavy atom. The van der Waals surface area contributed by atoms with Crippen LogP contribution in [0.3, 0.4) is 0 Å². The van der Waals surface area contributed by atoms with E-state index in [4.69, 9.17) is 30.4 Å². The first-order valence-corrected chi connectivity index (χ1v) is 14.3. The third kappa shape index (κ3) is 13.5. The summed E-state index contributed by atoms with van der Waals surface area (Å²) in [5.41, 5.74) is 13.4. The maximum atomic E-state index is 12.4. The molecule has 3 aromatic carbocycles. The van der Waals surface area contributed by atoms with Gasteiger partial charge in [0.1, 0.15) is 11.5 Å². The topological polar surface area (TPSA) is 140 Å². The Balaban J connectivity index is 1.28. The molecule has 0 aliphatic rings. The Kier molecular flexibility index (Phi) is 13.3. The number of benzene rings is 3. The zero-order valence-corrected chi connectivity index (χ0v) is 24.5. The van der Waals surface area contributed by atoms with Gasteiger partial charge in [0, 0.05) is 23.9 Å². The van der Waals surface area contributed by atoms with Crippen molar-refractivity contribution in [1.29, 1.82) is 0 Å². The third-order valence-corrected chi connectivity index (χ3v) is 6.20. The van der Waals surface area contributed by atoms with Crippen LogP contribution in [-0.2, 0) is 14.3 Å². The summed E-state index contributed by atoms with van der Waals surface area (Å²) in [5, 5.41) is 0. The largest absolute Gasteiger partial charge is 0.494 e. The smallest absolute Gasteiger partial charge is 0.389 e. The molecular weight excluding hydrogens is 593 g/mol. The average molecular weight is 629 g/mol. The van der Waals surface area contributed by atoms with Crippen LogP contribution in [0.4, 0.5) is 24.5 Å². The van der Waals surface area contributed by atoms with Crippen molar-refractivity contribution >= 4 is 35.4 Å². The van der Waals surface area contributed by atoms with E-state index >= 15 is 0 Å². The molecule has 0 fully saturated rings. The van der Waals surface area contributed by atoms with Crippen molar-refractivity contribution < 1.29 is 46.5 Å². The van der Waals surface area contributed by atoms with Crippen molar-refractivity contribution in [1.82, 2.24) is 0 Å². The summed E-state index contributed by atoms with van der Waals surface area (Å²) in [7, 11) is 0. The second-order valence-electron chi connectivity index (χ2n) is 9.99. The monoisotopic (exact) mass is 628 g/mol. The maximum absolute atomic E-state index is 12.4. The zero-order valence-electron chi connectivity index (χ0n) is 24.5. The molecule has 4 N–H and O–H groups in total. The average Bonchev–Trinajstić information content (AvgIpc) is 2.99. The van der Waals surface area contributed by atoms with Gasteiger partial charge in [0.2, 0.25) is 0 Å². The van der Waals surface area contributed by atoms with Crippen LogP contribution >= 0.6 is 0 Å². The van der Waals surface area contributed by atoms with Crippen LogP contribution in [0.1, 0.15) is 64.8 Å². The number of alkyl halides is 3. The summed E-state index contributed by atoms with van der Waals surface area (Å²) >= 11 is 0. The second-order valence-corrected chi connectivity index (χ2v) is 9.99. The van der Waals surface area contributed by atoms with E-state index < -0.39 is 30.5 Å². The molecule has 0 aromatic heterocycles. The van der Waals surface area contributed by atoms with Crippen molar-refractivity contribution in [2.24, 2.45) is 0 Å². The van der Waals surface area contributed by atoms with Crippen LogP contribution in [0.25, 0.3) is 6.08 Å². The Labute approximate surface area is 258 Å². The molecule has 45 heavy (non-hydrogen) atoms. The maximum Gasteiger partial charge on any atom is 0.389 e. The Hall–Kier alpha value is -5.00. The van der Waals surface area contributed by atoms with Crippen LogP contribution in [0.5, 0.6) is 11.5 Å². The van der Waals surface area contributed by atoms with E-state index in [0.29, 0.717) is 41.1 Å². The van der Waals surface area contributed by atoms with E-state index in [-0.39, 0.29) is 37.6 Å². The summed E-state index contributed by atoms with van der Waals surface area (Å²) in [6.07, 6.45) is 0.489. The Morgan fingerprint density at radius 2 is 1.27 bits per heavy atom. The minimum atomic E-state index is -4.22. The first-order valence-electron chi connectivity index (χ1n) is 14.3. The number of halogens is 3. The number of ether oxygens (including phenoxy) is 4. The standard InChI is InChI=1S/C33H35F3N2O7/c34-33(35,36)16-5-19-42-28-13-9-24(10-14-28)32(41)45-29-11-6-23(7-12-29)8-15-30(39)43-17-3-1-2-4-18-44-31(40)25-20-26(37)22-27(38)21-25/h6-15,20-22H,1-5,16-19,37-38H2. The quantitative estimate of drug-likeness (QED) is 0.0578. The van der Waals surface area contributed by atoms with Gasteiger partial charge in [0.25, 0.3) is 0 Å². The summed E-state index contributed by atoms with van der Waals surface area (Å²) in [4.78, 5) is 36.5. The lowest BCUT2D eigenvalue weighted by Crippen LogP contribution is -2.10. The van der Waals surface area contributed by atoms with Crippen molar-refractivity contribution in [3.05, 3.63) is 89.5 Å². The van der Waals surface area contributed by atoms with Gasteiger partial charge in [0.05, 0.1) is 30.9 Å². The number of anilines is 2. The second kappa shape index (κ2) is 17.3. The first-order chi connectivity index (χ1) is 21.5. The molecule has 0 aliphatic heterocycles. The zero-order chi connectivity index (χ0) is 32.7. The van der Waals surface area contributed by atoms with E-state index in [1.54, 1.807) is 36.4 Å². The normalized spacial score (nSPS) is 11.3. The van der Waals surface area contributed by atoms with Gasteiger partial charge >= 0.3 is 24.1 Å². The van der Waals surface area contributed by atoms with E-state index in [1.807, 2.05) is 0 Å². The number of unbranched alkanes of at least 4 members (excludes halogenated alkanes) is 3. The van der Waals surface area contributed by atoms with Gasteiger partial charge in [-0.15, -0.1) is 0 Å². The lowest BCUT2D eigenvalue weighted by molar-refractivity contribution is -0.138. The molecule has 0 saturated carbocycles. The third-order valence-electron chi connectivity index (χ3n) is 6.20. The van der Waals surface area contributed by atoms with Gasteiger partial charge in [-0.05, 0) is 98.3 Å². The summed E-state index contributed by atoms with van der Waals surface area (Å²) in [6.45, 7) is 0.426. The number of hydrogen-bond donors (Lipinski definition) is 2. The molecule has 0 unspecified atom stereocenters. The SMILES string of the molecule is Nc1cc(N)cc(C(=O)OCCCCCCOC(=O)C=Cc2ccc(OC(=O)c3ccc(OCCCC(F)(F)F)cc3)cc2)c1. The van der Waals surface area contributed by atoms with Crippen LogP contribution in [0.2, 0.25) is 0 Å². The number of nitrogen functional groups attached to an aromatic ring is 2. The molecule has 0 spiro atoms. The molecule has 12 heteroatoms. The fraction of sp³-hybridized carbons (Fsp3) is 0.303. The van der Waals surface area contributed by atoms with E-state index in [1.165, 1.54) is 42.5 Å². The minimum absolute atomic E-state index is 0.0897. The highest BCUT2D eigenvalue weighted by atomic mass is 19.4. The predicted molar refractivity (Wildman–Crippen MR) is 163 cm³/mol. The van der Waals surface area contributed by atoms with E-state index in [9.17, 15) is 27.6 Å². The number of nitrogens with two attached hydrogens (primary N) is 2. The van der Waals surface area contributed by atoms with Gasteiger partial charge in [-0.3, -0.25) is 0 Å². The molecule has 0 saturated heterocycles. The number of rotatable bonds is 16. The number of carbonyl (C=O) groups excluding carboxylic acids is 3. The van der Waals surface area contributed by atoms with Gasteiger partial charge in [-0.2, -0.15) is 13.2 Å². The number of carbonyl (C=O) groups is 3. The van der Waals surface area contributed by atoms with Crippen molar-refractivity contribution in [2.45, 2.75) is 44.7 Å². The summed E-state index contributed by atoms with van der Waals surface area (Å²) < 4.78 is 57.7. The molecular formula is C33H35F3N2O7. The summed E-state index contributed by atoms with van der Waals surface area (Å²) in [6, 6.07) is 16.9. The fourth-order valence-corrected chi connectivity index (χ4v) is 3.95. The van der Waals surface area contributed by atoms with Crippen LogP contribution in [-0.4, -0.2) is 43.9 Å². The van der Waals surface area contributed by atoms with Gasteiger partial charge in [0.15, 0.2) is 0 Å². The number of hydrogen-bond acceptors (Lipinski definition) is 9. The van der Waals surface area contributed by atoms with Crippen molar-refractivity contribution in [3.63, 3.8) is 0 Å². The molecule has 240 valence electrons. The Morgan fingerprint density at radius 1 is 0.667 bits per heavy atom. The van der Waals surface area contributed by atoms with Gasteiger partial charge < -0.3 is 30.4 Å².